The van der Waals surface area contributed by atoms with Crippen molar-refractivity contribution in [2.75, 3.05) is 0 Å². The van der Waals surface area contributed by atoms with Gasteiger partial charge in [-0.05, 0) is 60.8 Å². The molecule has 1 aromatic heterocycles. The molecule has 0 radical (unpaired) electrons. The number of carboxylic acids is 1. The molecule has 2 aromatic rings. The first kappa shape index (κ1) is 16.1. The molecule has 0 aliphatic heterocycles. The van der Waals surface area contributed by atoms with Gasteiger partial charge in [0.25, 0.3) is 5.88 Å². The predicted octanol–water partition coefficient (Wildman–Crippen LogP) is 5.00. The monoisotopic (exact) mass is 341 g/mol. The number of ether oxygens (including phenoxy) is 1. The molecule has 0 spiro atoms. The lowest BCUT2D eigenvalue weighted by Gasteiger charge is -2.42. The molecular formula is C20H20FNO3. The lowest BCUT2D eigenvalue weighted by molar-refractivity contribution is 0.0695. The van der Waals surface area contributed by atoms with Gasteiger partial charge >= 0.3 is 5.97 Å². The molecule has 1 atom stereocenters. The smallest absolute Gasteiger partial charge is 0.337 e. The van der Waals surface area contributed by atoms with Crippen LogP contribution in [0.15, 0.2) is 36.5 Å². The van der Waals surface area contributed by atoms with Gasteiger partial charge in [0, 0.05) is 6.20 Å². The quantitative estimate of drug-likeness (QED) is 0.850. The van der Waals surface area contributed by atoms with E-state index in [2.05, 4.69) is 17.1 Å². The summed E-state index contributed by atoms with van der Waals surface area (Å²) in [6.45, 7) is 0. The van der Waals surface area contributed by atoms with Crippen molar-refractivity contribution in [3.05, 3.63) is 53.5 Å². The summed E-state index contributed by atoms with van der Waals surface area (Å²) in [6, 6.07) is 8.71. The molecule has 1 N–H and O–H groups in total. The van der Waals surface area contributed by atoms with Crippen molar-refractivity contribution in [3.8, 4) is 11.6 Å². The summed E-state index contributed by atoms with van der Waals surface area (Å²) in [6.07, 6.45) is 7.78. The molecule has 5 rings (SSSR count). The van der Waals surface area contributed by atoms with Crippen LogP contribution in [-0.4, -0.2) is 16.1 Å². The van der Waals surface area contributed by atoms with Crippen LogP contribution in [0.3, 0.4) is 0 Å². The number of benzene rings is 1. The topological polar surface area (TPSA) is 59.4 Å². The van der Waals surface area contributed by atoms with E-state index in [-0.39, 0.29) is 11.4 Å². The first-order valence-corrected chi connectivity index (χ1v) is 8.77. The van der Waals surface area contributed by atoms with E-state index in [4.69, 9.17) is 9.84 Å². The maximum Gasteiger partial charge on any atom is 0.337 e. The lowest BCUT2D eigenvalue weighted by atomic mass is 9.63. The number of carboxylic acid groups (broad SMARTS) is 1. The van der Waals surface area contributed by atoms with Gasteiger partial charge < -0.3 is 9.84 Å². The Morgan fingerprint density at radius 1 is 1.16 bits per heavy atom. The molecule has 1 heterocycles. The number of halogens is 1. The van der Waals surface area contributed by atoms with Crippen LogP contribution in [0.1, 0.15) is 53.9 Å². The lowest BCUT2D eigenvalue weighted by Crippen LogP contribution is -2.29. The molecule has 3 saturated carbocycles. The standard InChI is InChI=1S/C20H20FNO3/c21-18-10-15(20(23)24)11-22-19(18)25-16-7-5-14(6-8-16)17-9-12-1-3-13(17)4-2-12/h5-8,10-13,17H,1-4,9H2,(H,23,24). The van der Waals surface area contributed by atoms with E-state index in [1.165, 1.54) is 37.7 Å². The minimum atomic E-state index is -1.22. The molecule has 5 heteroatoms. The van der Waals surface area contributed by atoms with Crippen molar-refractivity contribution >= 4 is 5.97 Å². The van der Waals surface area contributed by atoms with Crippen LogP contribution in [0.4, 0.5) is 4.39 Å². The van der Waals surface area contributed by atoms with Crippen molar-refractivity contribution in [1.82, 2.24) is 4.98 Å². The molecule has 4 nitrogen and oxygen atoms in total. The number of hydrogen-bond acceptors (Lipinski definition) is 3. The van der Waals surface area contributed by atoms with Crippen molar-refractivity contribution < 1.29 is 19.0 Å². The van der Waals surface area contributed by atoms with Gasteiger partial charge in [-0.1, -0.05) is 25.0 Å². The third kappa shape index (κ3) is 3.23. The van der Waals surface area contributed by atoms with Gasteiger partial charge in [-0.25, -0.2) is 14.2 Å². The van der Waals surface area contributed by atoms with Gasteiger partial charge in [-0.3, -0.25) is 0 Å². The van der Waals surface area contributed by atoms with Gasteiger partial charge in [0.15, 0.2) is 5.82 Å². The van der Waals surface area contributed by atoms with Crippen LogP contribution in [0.5, 0.6) is 11.6 Å². The third-order valence-corrected chi connectivity index (χ3v) is 5.62. The zero-order valence-electron chi connectivity index (χ0n) is 13.8. The number of pyridine rings is 1. The second-order valence-electron chi connectivity index (χ2n) is 7.11. The van der Waals surface area contributed by atoms with Gasteiger partial charge in [0.05, 0.1) is 5.56 Å². The van der Waals surface area contributed by atoms with Crippen LogP contribution in [-0.2, 0) is 0 Å². The van der Waals surface area contributed by atoms with E-state index in [0.29, 0.717) is 11.7 Å². The maximum absolute atomic E-state index is 13.9. The molecule has 0 amide bonds. The average molecular weight is 341 g/mol. The fraction of sp³-hybridized carbons (Fsp3) is 0.400. The van der Waals surface area contributed by atoms with Crippen LogP contribution < -0.4 is 4.74 Å². The van der Waals surface area contributed by atoms with Crippen LogP contribution in [0, 0.1) is 17.7 Å². The fourth-order valence-electron chi connectivity index (χ4n) is 4.30. The largest absolute Gasteiger partial charge is 0.478 e. The minimum Gasteiger partial charge on any atom is -0.478 e. The highest BCUT2D eigenvalue weighted by molar-refractivity contribution is 5.87. The Hall–Kier alpha value is -2.43. The summed E-state index contributed by atoms with van der Waals surface area (Å²) in [5.74, 6) is 0.578. The summed E-state index contributed by atoms with van der Waals surface area (Å²) in [5, 5.41) is 8.84. The molecule has 0 saturated heterocycles. The summed E-state index contributed by atoms with van der Waals surface area (Å²) in [7, 11) is 0. The summed E-state index contributed by atoms with van der Waals surface area (Å²) in [4.78, 5) is 14.6. The van der Waals surface area contributed by atoms with Crippen molar-refractivity contribution in [1.29, 1.82) is 0 Å². The third-order valence-electron chi connectivity index (χ3n) is 5.62. The number of nitrogens with zero attached hydrogens (tertiary/aromatic N) is 1. The molecule has 130 valence electrons. The Bertz CT molecular complexity index is 782. The van der Waals surface area contributed by atoms with E-state index >= 15 is 0 Å². The van der Waals surface area contributed by atoms with Gasteiger partial charge in [0.2, 0.25) is 0 Å². The van der Waals surface area contributed by atoms with Crippen LogP contribution >= 0.6 is 0 Å². The molecule has 3 aliphatic carbocycles. The summed E-state index contributed by atoms with van der Waals surface area (Å²) < 4.78 is 19.4. The molecule has 1 unspecified atom stereocenters. The summed E-state index contributed by atoms with van der Waals surface area (Å²) in [5.41, 5.74) is 1.13. The fourth-order valence-corrected chi connectivity index (χ4v) is 4.30. The molecule has 2 bridgehead atoms. The van der Waals surface area contributed by atoms with E-state index < -0.39 is 11.8 Å². The van der Waals surface area contributed by atoms with Crippen LogP contribution in [0.25, 0.3) is 0 Å². The average Bonchev–Trinajstić information content (AvgIpc) is 2.65. The van der Waals surface area contributed by atoms with Crippen LogP contribution in [0.2, 0.25) is 0 Å². The number of hydrogen-bond donors (Lipinski definition) is 1. The molecule has 3 fully saturated rings. The first-order valence-electron chi connectivity index (χ1n) is 8.77. The predicted molar refractivity (Wildman–Crippen MR) is 90.5 cm³/mol. The Kier molecular flexibility index (Phi) is 4.15. The van der Waals surface area contributed by atoms with Gasteiger partial charge in [0.1, 0.15) is 5.75 Å². The maximum atomic E-state index is 13.9. The minimum absolute atomic E-state index is 0.201. The van der Waals surface area contributed by atoms with E-state index in [1.807, 2.05) is 12.1 Å². The Labute approximate surface area is 145 Å². The highest BCUT2D eigenvalue weighted by Crippen LogP contribution is 2.49. The number of aromatic carboxylic acids is 1. The van der Waals surface area contributed by atoms with Crippen molar-refractivity contribution in [3.63, 3.8) is 0 Å². The number of rotatable bonds is 4. The zero-order valence-corrected chi connectivity index (χ0v) is 13.8. The normalized spacial score (nSPS) is 24.9. The summed E-state index contributed by atoms with van der Waals surface area (Å²) >= 11 is 0. The number of carbonyl (C=O) groups is 1. The Balaban J connectivity index is 1.48. The van der Waals surface area contributed by atoms with Gasteiger partial charge in [-0.15, -0.1) is 0 Å². The molecule has 3 aliphatic rings. The molecule has 1 aromatic carbocycles. The second kappa shape index (κ2) is 6.47. The Morgan fingerprint density at radius 3 is 2.44 bits per heavy atom. The van der Waals surface area contributed by atoms with E-state index in [1.54, 1.807) is 0 Å². The highest BCUT2D eigenvalue weighted by atomic mass is 19.1. The van der Waals surface area contributed by atoms with E-state index in [0.717, 1.165) is 24.1 Å². The molecular weight excluding hydrogens is 321 g/mol. The first-order chi connectivity index (χ1) is 12.1. The zero-order chi connectivity index (χ0) is 17.4. The highest BCUT2D eigenvalue weighted by Gasteiger charge is 2.36. The second-order valence-corrected chi connectivity index (χ2v) is 7.11. The number of aromatic nitrogens is 1. The Morgan fingerprint density at radius 2 is 1.88 bits per heavy atom. The molecule has 25 heavy (non-hydrogen) atoms. The number of fused-ring (bicyclic) bond motifs is 3. The van der Waals surface area contributed by atoms with Crippen molar-refractivity contribution in [2.45, 2.75) is 38.0 Å². The SMILES string of the molecule is O=C(O)c1cnc(Oc2ccc(C3CC4CCC3CC4)cc2)c(F)c1. The van der Waals surface area contributed by atoms with E-state index in [9.17, 15) is 9.18 Å². The van der Waals surface area contributed by atoms with Gasteiger partial charge in [-0.2, -0.15) is 0 Å². The van der Waals surface area contributed by atoms with Crippen molar-refractivity contribution in [2.24, 2.45) is 11.8 Å².